The monoisotopic (exact) mass is 355 g/mol. The number of hydrazone groups is 1. The molecule has 0 aliphatic heterocycles. The first-order valence-electron chi connectivity index (χ1n) is 8.04. The summed E-state index contributed by atoms with van der Waals surface area (Å²) in [6.45, 7) is 1.83. The fraction of sp³-hybridized carbons (Fsp3) is 0.211. The Morgan fingerprint density at radius 1 is 1.00 bits per heavy atom. The number of carbonyl (C=O) groups excluding carboxylic acids is 2. The molecule has 25 heavy (non-hydrogen) atoms. The third-order valence-corrected chi connectivity index (χ3v) is 4.20. The predicted octanol–water partition coefficient (Wildman–Crippen LogP) is 3.84. The van der Waals surface area contributed by atoms with Gasteiger partial charge in [-0.2, -0.15) is 5.10 Å². The zero-order valence-corrected chi connectivity index (χ0v) is 14.5. The van der Waals surface area contributed by atoms with Gasteiger partial charge in [-0.15, -0.1) is 0 Å². The van der Waals surface area contributed by atoms with Crippen LogP contribution in [0.5, 0.6) is 0 Å². The van der Waals surface area contributed by atoms with E-state index >= 15 is 0 Å². The van der Waals surface area contributed by atoms with Crippen LogP contribution < -0.4 is 10.7 Å². The number of amides is 2. The first kappa shape index (κ1) is 17.2. The maximum absolute atomic E-state index is 12.2. The molecule has 1 aliphatic rings. The number of rotatable bonds is 5. The molecule has 0 spiro atoms. The lowest BCUT2D eigenvalue weighted by Gasteiger charge is -2.07. The molecule has 0 radical (unpaired) electrons. The van der Waals surface area contributed by atoms with Gasteiger partial charge in [0.05, 0.1) is 5.71 Å². The third-order valence-electron chi connectivity index (χ3n) is 3.95. The summed E-state index contributed by atoms with van der Waals surface area (Å²) in [4.78, 5) is 23.8. The van der Waals surface area contributed by atoms with Gasteiger partial charge < -0.3 is 5.32 Å². The van der Waals surface area contributed by atoms with Crippen LogP contribution in [0.15, 0.2) is 53.6 Å². The van der Waals surface area contributed by atoms with E-state index in [9.17, 15) is 9.59 Å². The quantitative estimate of drug-likeness (QED) is 0.631. The molecule has 2 amide bonds. The van der Waals surface area contributed by atoms with Crippen molar-refractivity contribution < 1.29 is 9.59 Å². The van der Waals surface area contributed by atoms with Crippen molar-refractivity contribution in [3.8, 4) is 0 Å². The van der Waals surface area contributed by atoms with E-state index in [0.29, 0.717) is 22.0 Å². The largest absolute Gasteiger partial charge is 0.322 e. The van der Waals surface area contributed by atoms with E-state index in [1.54, 1.807) is 36.4 Å². The molecule has 0 aromatic heterocycles. The molecular formula is C19H18ClN3O2. The molecule has 0 unspecified atom stereocenters. The highest BCUT2D eigenvalue weighted by atomic mass is 35.5. The smallest absolute Gasteiger partial charge is 0.255 e. The molecule has 0 saturated heterocycles. The van der Waals surface area contributed by atoms with E-state index in [1.807, 2.05) is 19.1 Å². The second-order valence-electron chi connectivity index (χ2n) is 5.99. The zero-order valence-electron chi connectivity index (χ0n) is 13.8. The lowest BCUT2D eigenvalue weighted by molar-refractivity contribution is -0.122. The molecule has 2 aromatic carbocycles. The molecule has 128 valence electrons. The van der Waals surface area contributed by atoms with Crippen LogP contribution in [0.25, 0.3) is 0 Å². The predicted molar refractivity (Wildman–Crippen MR) is 98.9 cm³/mol. The Morgan fingerprint density at radius 3 is 2.20 bits per heavy atom. The molecule has 2 aromatic rings. The van der Waals surface area contributed by atoms with Gasteiger partial charge in [-0.3, -0.25) is 9.59 Å². The van der Waals surface area contributed by atoms with E-state index in [2.05, 4.69) is 15.8 Å². The van der Waals surface area contributed by atoms with Crippen molar-refractivity contribution in [1.29, 1.82) is 0 Å². The zero-order chi connectivity index (χ0) is 17.8. The number of anilines is 1. The van der Waals surface area contributed by atoms with Gasteiger partial charge in [0, 0.05) is 22.2 Å². The van der Waals surface area contributed by atoms with Crippen LogP contribution in [0.1, 0.15) is 35.7 Å². The number of halogens is 1. The van der Waals surface area contributed by atoms with Crippen LogP contribution in [0.4, 0.5) is 5.69 Å². The van der Waals surface area contributed by atoms with Crippen LogP contribution in [-0.2, 0) is 4.79 Å². The average Bonchev–Trinajstić information content (AvgIpc) is 3.45. The van der Waals surface area contributed by atoms with E-state index in [0.717, 1.165) is 18.4 Å². The molecular weight excluding hydrogens is 338 g/mol. The second kappa shape index (κ2) is 7.49. The number of carbonyl (C=O) groups is 2. The summed E-state index contributed by atoms with van der Waals surface area (Å²) in [5.74, 6) is -0.0975. The van der Waals surface area contributed by atoms with Crippen molar-refractivity contribution in [1.82, 2.24) is 5.43 Å². The van der Waals surface area contributed by atoms with Gasteiger partial charge in [0.2, 0.25) is 5.91 Å². The number of hydrogen-bond acceptors (Lipinski definition) is 3. The minimum absolute atomic E-state index is 0.0220. The van der Waals surface area contributed by atoms with Crippen molar-refractivity contribution in [2.75, 3.05) is 5.32 Å². The van der Waals surface area contributed by atoms with E-state index in [1.165, 1.54) is 0 Å². The van der Waals surface area contributed by atoms with Gasteiger partial charge in [0.1, 0.15) is 0 Å². The summed E-state index contributed by atoms with van der Waals surface area (Å²) >= 11 is 5.82. The van der Waals surface area contributed by atoms with Crippen LogP contribution >= 0.6 is 11.6 Å². The van der Waals surface area contributed by atoms with E-state index < -0.39 is 0 Å². The Labute approximate surface area is 151 Å². The normalized spacial score (nSPS) is 14.1. The van der Waals surface area contributed by atoms with Crippen LogP contribution in [0, 0.1) is 5.92 Å². The topological polar surface area (TPSA) is 70.6 Å². The summed E-state index contributed by atoms with van der Waals surface area (Å²) in [6.07, 6.45) is 1.89. The first-order chi connectivity index (χ1) is 12.0. The Morgan fingerprint density at radius 2 is 1.60 bits per heavy atom. The van der Waals surface area contributed by atoms with Gasteiger partial charge in [-0.25, -0.2) is 5.43 Å². The fourth-order valence-corrected chi connectivity index (χ4v) is 2.37. The molecule has 3 rings (SSSR count). The number of benzene rings is 2. The lowest BCUT2D eigenvalue weighted by Crippen LogP contribution is -2.20. The third kappa shape index (κ3) is 4.67. The van der Waals surface area contributed by atoms with Gasteiger partial charge in [-0.1, -0.05) is 23.7 Å². The molecule has 0 bridgehead atoms. The maximum Gasteiger partial charge on any atom is 0.255 e. The Bertz CT molecular complexity index is 810. The Hall–Kier alpha value is -2.66. The molecule has 6 heteroatoms. The SMILES string of the molecule is C/C(=N/NC(=O)C1CC1)c1ccc(NC(=O)c2ccc(Cl)cc2)cc1. The second-order valence-corrected chi connectivity index (χ2v) is 6.42. The van der Waals surface area contributed by atoms with Crippen molar-refractivity contribution in [3.05, 3.63) is 64.7 Å². The molecule has 1 aliphatic carbocycles. The summed E-state index contributed by atoms with van der Waals surface area (Å²) in [6, 6.07) is 14.0. The Kier molecular flexibility index (Phi) is 5.14. The van der Waals surface area contributed by atoms with E-state index in [4.69, 9.17) is 11.6 Å². The highest BCUT2D eigenvalue weighted by Crippen LogP contribution is 2.28. The molecule has 0 atom stereocenters. The molecule has 5 nitrogen and oxygen atoms in total. The van der Waals surface area contributed by atoms with E-state index in [-0.39, 0.29) is 17.7 Å². The average molecular weight is 356 g/mol. The maximum atomic E-state index is 12.2. The number of nitrogens with one attached hydrogen (secondary N) is 2. The summed E-state index contributed by atoms with van der Waals surface area (Å²) < 4.78 is 0. The first-order valence-corrected chi connectivity index (χ1v) is 8.42. The summed E-state index contributed by atoms with van der Waals surface area (Å²) in [5.41, 5.74) is 5.39. The Balaban J connectivity index is 1.61. The molecule has 1 fully saturated rings. The molecule has 1 saturated carbocycles. The lowest BCUT2D eigenvalue weighted by atomic mass is 10.1. The minimum atomic E-state index is -0.202. The highest BCUT2D eigenvalue weighted by Gasteiger charge is 2.29. The van der Waals surface area contributed by atoms with Crippen LogP contribution in [-0.4, -0.2) is 17.5 Å². The number of hydrogen-bond donors (Lipinski definition) is 2. The van der Waals surface area contributed by atoms with Crippen molar-refractivity contribution >= 4 is 34.8 Å². The molecule has 0 heterocycles. The van der Waals surface area contributed by atoms with Crippen LogP contribution in [0.2, 0.25) is 5.02 Å². The standard InChI is InChI=1S/C19H18ClN3O2/c1-12(22-23-19(25)15-2-3-15)13-6-10-17(11-7-13)21-18(24)14-4-8-16(20)9-5-14/h4-11,15H,2-3H2,1H3,(H,21,24)(H,23,25)/b22-12-. The van der Waals surface area contributed by atoms with Crippen molar-refractivity contribution in [3.63, 3.8) is 0 Å². The van der Waals surface area contributed by atoms with Gasteiger partial charge in [0.25, 0.3) is 5.91 Å². The van der Waals surface area contributed by atoms with Crippen molar-refractivity contribution in [2.45, 2.75) is 19.8 Å². The van der Waals surface area contributed by atoms with Gasteiger partial charge in [-0.05, 0) is 61.7 Å². The highest BCUT2D eigenvalue weighted by molar-refractivity contribution is 6.30. The van der Waals surface area contributed by atoms with Crippen molar-refractivity contribution in [2.24, 2.45) is 11.0 Å². The molecule has 2 N–H and O–H groups in total. The minimum Gasteiger partial charge on any atom is -0.322 e. The summed E-state index contributed by atoms with van der Waals surface area (Å²) in [5, 5.41) is 7.53. The summed E-state index contributed by atoms with van der Waals surface area (Å²) in [7, 11) is 0. The fourth-order valence-electron chi connectivity index (χ4n) is 2.24. The van der Waals surface area contributed by atoms with Gasteiger partial charge >= 0.3 is 0 Å². The van der Waals surface area contributed by atoms with Gasteiger partial charge in [0.15, 0.2) is 0 Å². The van der Waals surface area contributed by atoms with Crippen LogP contribution in [0.3, 0.4) is 0 Å². The number of nitrogens with zero attached hydrogens (tertiary/aromatic N) is 1.